The monoisotopic (exact) mass is 275 g/mol. The van der Waals surface area contributed by atoms with Crippen molar-refractivity contribution in [2.24, 2.45) is 0 Å². The molecule has 0 aliphatic heterocycles. The van der Waals surface area contributed by atoms with Crippen molar-refractivity contribution in [3.05, 3.63) is 18.0 Å². The summed E-state index contributed by atoms with van der Waals surface area (Å²) in [6, 6.07) is 0. The number of hydrogen-bond acceptors (Lipinski definition) is 4. The van der Waals surface area contributed by atoms with Crippen LogP contribution >= 0.6 is 27.7 Å². The molecule has 3 nitrogen and oxygen atoms in total. The molecular weight excluding hydrogens is 262 g/mol. The highest BCUT2D eigenvalue weighted by Crippen LogP contribution is 2.07. The summed E-state index contributed by atoms with van der Waals surface area (Å²) in [5.74, 6) is 1.89. The van der Waals surface area contributed by atoms with Crippen LogP contribution in [0.5, 0.6) is 0 Å². The lowest BCUT2D eigenvalue weighted by molar-refractivity contribution is 0.903. The maximum absolute atomic E-state index is 4.28. The van der Waals surface area contributed by atoms with Crippen LogP contribution in [0.15, 0.2) is 12.4 Å². The van der Waals surface area contributed by atoms with Gasteiger partial charge in [-0.3, -0.25) is 0 Å². The van der Waals surface area contributed by atoms with E-state index >= 15 is 0 Å². The van der Waals surface area contributed by atoms with Crippen LogP contribution in [0, 0.1) is 0 Å². The van der Waals surface area contributed by atoms with E-state index in [4.69, 9.17) is 0 Å². The van der Waals surface area contributed by atoms with Crippen molar-refractivity contribution in [1.29, 1.82) is 0 Å². The normalized spacial score (nSPS) is 10.2. The van der Waals surface area contributed by atoms with Gasteiger partial charge in [0.05, 0.1) is 0 Å². The molecule has 78 valence electrons. The Hall–Kier alpha value is -0.290. The van der Waals surface area contributed by atoms with Crippen molar-refractivity contribution in [3.63, 3.8) is 0 Å². The van der Waals surface area contributed by atoms with Gasteiger partial charge in [-0.15, -0.1) is 0 Å². The number of alkyl halides is 1. The number of rotatable bonds is 5. The minimum absolute atomic E-state index is 0.795. The number of hydrogen-bond donors (Lipinski definition) is 0. The SMILES string of the molecule is CSCCN(C)c1ncc(CBr)cn1. The molecule has 1 heterocycles. The summed E-state index contributed by atoms with van der Waals surface area (Å²) in [5, 5.41) is 0.807. The average Bonchev–Trinajstić information content (AvgIpc) is 2.26. The molecule has 0 aliphatic rings. The third-order valence-corrected chi connectivity index (χ3v) is 3.06. The van der Waals surface area contributed by atoms with Crippen LogP contribution in [-0.2, 0) is 5.33 Å². The first kappa shape index (κ1) is 11.8. The first-order valence-electron chi connectivity index (χ1n) is 4.35. The molecular formula is C9H14BrN3S. The molecule has 0 fully saturated rings. The lowest BCUT2D eigenvalue weighted by atomic mass is 10.4. The van der Waals surface area contributed by atoms with Crippen molar-refractivity contribution in [2.75, 3.05) is 30.5 Å². The number of anilines is 1. The molecule has 1 aromatic rings. The highest BCUT2D eigenvalue weighted by atomic mass is 79.9. The topological polar surface area (TPSA) is 29.0 Å². The Labute approximate surface area is 97.4 Å². The smallest absolute Gasteiger partial charge is 0.225 e. The average molecular weight is 276 g/mol. The summed E-state index contributed by atoms with van der Waals surface area (Å²) in [5.41, 5.74) is 1.10. The third-order valence-electron chi connectivity index (χ3n) is 1.82. The van der Waals surface area contributed by atoms with Crippen LogP contribution in [-0.4, -0.2) is 35.6 Å². The lowest BCUT2D eigenvalue weighted by Crippen LogP contribution is -2.22. The van der Waals surface area contributed by atoms with Gasteiger partial charge in [-0.2, -0.15) is 11.8 Å². The van der Waals surface area contributed by atoms with Gasteiger partial charge in [0, 0.05) is 37.1 Å². The molecule has 0 bridgehead atoms. The number of thioether (sulfide) groups is 1. The molecule has 0 aromatic carbocycles. The Bertz CT molecular complexity index is 265. The Morgan fingerprint density at radius 1 is 1.43 bits per heavy atom. The predicted molar refractivity (Wildman–Crippen MR) is 66.3 cm³/mol. The maximum Gasteiger partial charge on any atom is 0.225 e. The molecule has 5 heteroatoms. The van der Waals surface area contributed by atoms with Gasteiger partial charge >= 0.3 is 0 Å². The summed E-state index contributed by atoms with van der Waals surface area (Å²) in [6.07, 6.45) is 5.81. The molecule has 0 N–H and O–H groups in total. The standard InChI is InChI=1S/C9H14BrN3S/c1-13(3-4-14-2)9-11-6-8(5-10)7-12-9/h6-7H,3-5H2,1-2H3. The number of halogens is 1. The van der Waals surface area contributed by atoms with Crippen molar-refractivity contribution >= 4 is 33.6 Å². The Kier molecular flexibility index (Phi) is 5.25. The van der Waals surface area contributed by atoms with Gasteiger partial charge in [-0.25, -0.2) is 9.97 Å². The van der Waals surface area contributed by atoms with Crippen molar-refractivity contribution in [1.82, 2.24) is 9.97 Å². The Morgan fingerprint density at radius 3 is 2.57 bits per heavy atom. The van der Waals surface area contributed by atoms with E-state index in [0.717, 1.165) is 29.1 Å². The zero-order valence-corrected chi connectivity index (χ0v) is 10.8. The van der Waals surface area contributed by atoms with E-state index in [1.54, 1.807) is 0 Å². The second-order valence-electron chi connectivity index (χ2n) is 2.94. The second kappa shape index (κ2) is 6.24. The maximum atomic E-state index is 4.28. The molecule has 0 radical (unpaired) electrons. The second-order valence-corrected chi connectivity index (χ2v) is 4.49. The van der Waals surface area contributed by atoms with E-state index in [0.29, 0.717) is 0 Å². The fraction of sp³-hybridized carbons (Fsp3) is 0.556. The fourth-order valence-corrected chi connectivity index (χ4v) is 1.69. The Morgan fingerprint density at radius 2 is 2.07 bits per heavy atom. The first-order valence-corrected chi connectivity index (χ1v) is 6.86. The Balaban J connectivity index is 2.57. The van der Waals surface area contributed by atoms with Gasteiger partial charge < -0.3 is 4.90 Å². The number of aromatic nitrogens is 2. The molecule has 1 rings (SSSR count). The molecule has 0 atom stereocenters. The van der Waals surface area contributed by atoms with E-state index in [2.05, 4.69) is 37.1 Å². The van der Waals surface area contributed by atoms with E-state index in [-0.39, 0.29) is 0 Å². The van der Waals surface area contributed by atoms with Gasteiger partial charge in [0.1, 0.15) is 0 Å². The van der Waals surface area contributed by atoms with Crippen molar-refractivity contribution in [3.8, 4) is 0 Å². The quantitative estimate of drug-likeness (QED) is 0.771. The summed E-state index contributed by atoms with van der Waals surface area (Å²) < 4.78 is 0. The molecule has 1 aromatic heterocycles. The minimum atomic E-state index is 0.795. The van der Waals surface area contributed by atoms with Crippen LogP contribution in [0.2, 0.25) is 0 Å². The lowest BCUT2D eigenvalue weighted by Gasteiger charge is -2.15. The van der Waals surface area contributed by atoms with Gasteiger partial charge in [-0.05, 0) is 11.8 Å². The van der Waals surface area contributed by atoms with E-state index in [1.807, 2.05) is 31.2 Å². The van der Waals surface area contributed by atoms with E-state index in [9.17, 15) is 0 Å². The van der Waals surface area contributed by atoms with Crippen LogP contribution in [0.4, 0.5) is 5.95 Å². The zero-order chi connectivity index (χ0) is 10.4. The highest BCUT2D eigenvalue weighted by molar-refractivity contribution is 9.08. The summed E-state index contributed by atoms with van der Waals surface area (Å²) in [4.78, 5) is 10.6. The van der Waals surface area contributed by atoms with Crippen molar-refractivity contribution < 1.29 is 0 Å². The first-order chi connectivity index (χ1) is 6.77. The van der Waals surface area contributed by atoms with E-state index in [1.165, 1.54) is 0 Å². The molecule has 0 saturated heterocycles. The third kappa shape index (κ3) is 3.46. The fourth-order valence-electron chi connectivity index (χ4n) is 0.942. The van der Waals surface area contributed by atoms with Crippen LogP contribution in [0.1, 0.15) is 5.56 Å². The molecule has 0 spiro atoms. The predicted octanol–water partition coefficient (Wildman–Crippen LogP) is 2.17. The summed E-state index contributed by atoms with van der Waals surface area (Å²) in [6.45, 7) is 0.981. The molecule has 0 saturated carbocycles. The minimum Gasteiger partial charge on any atom is -0.343 e. The van der Waals surface area contributed by atoms with Gasteiger partial charge in [0.15, 0.2) is 0 Å². The molecule has 0 amide bonds. The van der Waals surface area contributed by atoms with Crippen LogP contribution in [0.3, 0.4) is 0 Å². The summed E-state index contributed by atoms with van der Waals surface area (Å²) >= 11 is 5.19. The van der Waals surface area contributed by atoms with Crippen molar-refractivity contribution in [2.45, 2.75) is 5.33 Å². The van der Waals surface area contributed by atoms with Gasteiger partial charge in [0.25, 0.3) is 0 Å². The van der Waals surface area contributed by atoms with Gasteiger partial charge in [0.2, 0.25) is 5.95 Å². The van der Waals surface area contributed by atoms with Gasteiger partial charge in [-0.1, -0.05) is 15.9 Å². The number of nitrogens with zero attached hydrogens (tertiary/aromatic N) is 3. The highest BCUT2D eigenvalue weighted by Gasteiger charge is 2.02. The zero-order valence-electron chi connectivity index (χ0n) is 8.40. The largest absolute Gasteiger partial charge is 0.343 e. The molecule has 0 aliphatic carbocycles. The van der Waals surface area contributed by atoms with Crippen LogP contribution in [0.25, 0.3) is 0 Å². The summed E-state index contributed by atoms with van der Waals surface area (Å²) in [7, 11) is 2.01. The van der Waals surface area contributed by atoms with Crippen LogP contribution < -0.4 is 4.90 Å². The molecule has 0 unspecified atom stereocenters. The van der Waals surface area contributed by atoms with E-state index < -0.39 is 0 Å². The molecule has 14 heavy (non-hydrogen) atoms.